The molecule has 0 aliphatic heterocycles. The topological polar surface area (TPSA) is 121 Å². The van der Waals surface area contributed by atoms with Crippen molar-refractivity contribution in [1.82, 2.24) is 0 Å². The second-order valence-corrected chi connectivity index (χ2v) is 9.97. The van der Waals surface area contributed by atoms with Crippen LogP contribution in [-0.4, -0.2) is 182 Å². The Morgan fingerprint density at radius 3 is 2.00 bits per heavy atom. The summed E-state index contributed by atoms with van der Waals surface area (Å²) in [5, 5.41) is 0. The Hall–Kier alpha value is 3.00. The van der Waals surface area contributed by atoms with Gasteiger partial charge in [0.15, 0.2) is 4.99 Å². The molecule has 2 aromatic carbocycles. The molecule has 0 fully saturated rings. The molecule has 7 nitrogen and oxygen atoms in total. The molecule has 1 unspecified atom stereocenters. The first-order valence-electron chi connectivity index (χ1n) is 8.22. The molecular weight excluding hydrogens is 554 g/mol. The third-order valence-electron chi connectivity index (χ3n) is 3.95. The number of aryl methyl sites for hydroxylation is 1. The van der Waals surface area contributed by atoms with Crippen molar-refractivity contribution in [3.63, 3.8) is 0 Å². The quantitative estimate of drug-likeness (QED) is 0.251. The fourth-order valence-corrected chi connectivity index (χ4v) is 4.96. The molecule has 166 valence electrons. The number of alkyl halides is 3. The number of rotatable bonds is 8. The van der Waals surface area contributed by atoms with E-state index in [2.05, 4.69) is 0 Å². The van der Waals surface area contributed by atoms with Crippen LogP contribution in [0.15, 0.2) is 48.5 Å². The molecule has 0 heterocycles. The number of hydrogen-bond donors (Lipinski definition) is 3. The zero-order valence-electron chi connectivity index (χ0n) is 14.8. The fraction of sp³-hybridized carbons (Fsp3) is 0.294. The minimum absolute atomic E-state index is 0. The molecule has 2 rings (SSSR count). The van der Waals surface area contributed by atoms with Gasteiger partial charge < -0.3 is 14.5 Å². The molecule has 32 heavy (non-hydrogen) atoms. The Bertz CT molecular complexity index is 999. The molecule has 0 bridgehead atoms. The molecule has 0 saturated carbocycles. The minimum atomic E-state index is -5.03. The van der Waals surface area contributed by atoms with Gasteiger partial charge in [-0.25, -0.2) is 0 Å². The predicted molar refractivity (Wildman–Crippen MR) is 120 cm³/mol. The fourth-order valence-electron chi connectivity index (χ4n) is 2.58. The molecular formula is C17H21F3K3O7PS. The van der Waals surface area contributed by atoms with E-state index in [1.807, 2.05) is 0 Å². The summed E-state index contributed by atoms with van der Waals surface area (Å²) in [6.45, 7) is 0. The molecule has 0 spiro atoms. The molecule has 0 radical (unpaired) electrons. The van der Waals surface area contributed by atoms with Crippen LogP contribution < -0.4 is 4.74 Å². The Labute approximate surface area is 311 Å². The Morgan fingerprint density at radius 1 is 0.969 bits per heavy atom. The molecule has 0 aliphatic rings. The van der Waals surface area contributed by atoms with Crippen molar-refractivity contribution >= 4 is 172 Å². The van der Waals surface area contributed by atoms with E-state index in [1.54, 1.807) is 24.3 Å². The Balaban J connectivity index is 0. The normalized spacial score (nSPS) is 12.6. The monoisotopic (exact) mass is 574 g/mol. The molecule has 0 aromatic heterocycles. The average molecular weight is 575 g/mol. The van der Waals surface area contributed by atoms with E-state index in [0.717, 1.165) is 12.1 Å². The van der Waals surface area contributed by atoms with Gasteiger partial charge in [-0.1, -0.05) is 12.1 Å². The zero-order chi connectivity index (χ0) is 21.9. The van der Waals surface area contributed by atoms with Crippen LogP contribution in [-0.2, 0) is 27.3 Å². The van der Waals surface area contributed by atoms with Crippen LogP contribution in [0.4, 0.5) is 13.2 Å². The number of halogens is 3. The van der Waals surface area contributed by atoms with Crippen molar-refractivity contribution in [2.24, 2.45) is 0 Å². The Kier molecular flexibility index (Phi) is 18.7. The second-order valence-electron chi connectivity index (χ2n) is 6.22. The maximum absolute atomic E-state index is 12.6. The van der Waals surface area contributed by atoms with E-state index in [1.165, 1.54) is 12.1 Å². The van der Waals surface area contributed by atoms with Crippen molar-refractivity contribution < 1.29 is 45.2 Å². The molecule has 0 aliphatic carbocycles. The summed E-state index contributed by atoms with van der Waals surface area (Å²) in [4.78, 5) is 15.9. The van der Waals surface area contributed by atoms with Crippen molar-refractivity contribution in [2.45, 2.75) is 30.4 Å². The third kappa shape index (κ3) is 13.0. The van der Waals surface area contributed by atoms with Crippen molar-refractivity contribution in [3.05, 3.63) is 59.7 Å². The van der Waals surface area contributed by atoms with Gasteiger partial charge in [-0.2, -0.15) is 21.6 Å². The molecule has 3 N–H and O–H groups in total. The summed E-state index contributed by atoms with van der Waals surface area (Å²) < 4.78 is 85.7. The first kappa shape index (κ1) is 37.2. The van der Waals surface area contributed by atoms with E-state index < -0.39 is 40.9 Å². The molecule has 0 amide bonds. The number of ether oxygens (including phenoxy) is 1. The van der Waals surface area contributed by atoms with E-state index in [-0.39, 0.29) is 173 Å². The van der Waals surface area contributed by atoms with Crippen LogP contribution in [0.3, 0.4) is 0 Å². The van der Waals surface area contributed by atoms with Gasteiger partial charge in [-0.05, 0) is 61.2 Å². The van der Waals surface area contributed by atoms with Crippen molar-refractivity contribution in [2.75, 3.05) is 0 Å². The number of hydrogen-bond acceptors (Lipinski definition) is 4. The maximum atomic E-state index is 12.6. The summed E-state index contributed by atoms with van der Waals surface area (Å²) in [6.07, 6.45) is -4.62. The summed E-state index contributed by atoms with van der Waals surface area (Å²) in [5.41, 5.74) is -0.161. The van der Waals surface area contributed by atoms with Gasteiger partial charge >= 0.3 is 168 Å². The zero-order valence-corrected chi connectivity index (χ0v) is 16.5. The summed E-state index contributed by atoms with van der Waals surface area (Å²) in [5.74, 6) is 0.506. The molecule has 15 heteroatoms. The average Bonchev–Trinajstić information content (AvgIpc) is 2.56. The third-order valence-corrected chi connectivity index (χ3v) is 7.51. The predicted octanol–water partition coefficient (Wildman–Crippen LogP) is 2.27. The van der Waals surface area contributed by atoms with Gasteiger partial charge in [0.05, 0.1) is 5.56 Å². The second kappa shape index (κ2) is 16.1. The van der Waals surface area contributed by atoms with Gasteiger partial charge in [-0.15, -0.1) is 0 Å². The van der Waals surface area contributed by atoms with Crippen LogP contribution in [0.1, 0.15) is 24.0 Å². The SMILES string of the molecule is O=P(O)(O)C(CCCc1cccc(Oc2ccc(C(F)(F)F)cc2)c1)S(=O)(=O)O.[KH].[KH].[KH]. The summed E-state index contributed by atoms with van der Waals surface area (Å²) in [7, 11) is -9.94. The van der Waals surface area contributed by atoms with Crippen molar-refractivity contribution in [1.29, 1.82) is 0 Å². The van der Waals surface area contributed by atoms with E-state index >= 15 is 0 Å². The van der Waals surface area contributed by atoms with Gasteiger partial charge in [0.25, 0.3) is 10.1 Å². The Morgan fingerprint density at radius 2 is 1.53 bits per heavy atom. The van der Waals surface area contributed by atoms with Gasteiger partial charge in [0.2, 0.25) is 0 Å². The van der Waals surface area contributed by atoms with E-state index in [4.69, 9.17) is 19.1 Å². The van der Waals surface area contributed by atoms with E-state index in [0.29, 0.717) is 11.3 Å². The summed E-state index contributed by atoms with van der Waals surface area (Å²) in [6, 6.07) is 10.5. The van der Waals surface area contributed by atoms with Gasteiger partial charge in [-0.3, -0.25) is 9.12 Å². The molecule has 0 saturated heterocycles. The molecule has 1 atom stereocenters. The van der Waals surface area contributed by atoms with Gasteiger partial charge in [0, 0.05) is 0 Å². The van der Waals surface area contributed by atoms with Crippen molar-refractivity contribution in [3.8, 4) is 11.5 Å². The summed E-state index contributed by atoms with van der Waals surface area (Å²) >= 11 is 0. The van der Waals surface area contributed by atoms with Crippen LogP contribution >= 0.6 is 7.60 Å². The van der Waals surface area contributed by atoms with Gasteiger partial charge in [0.1, 0.15) is 11.5 Å². The first-order chi connectivity index (χ1) is 13.3. The van der Waals surface area contributed by atoms with Crippen LogP contribution in [0.5, 0.6) is 11.5 Å². The molecule has 2 aromatic rings. The first-order valence-corrected chi connectivity index (χ1v) is 11.4. The van der Waals surface area contributed by atoms with Crippen LogP contribution in [0.25, 0.3) is 0 Å². The standard InChI is InChI=1S/C17H18F3O7PS.3K.3H/c18-17(19,20)13-7-9-14(10-8-13)27-15-5-1-3-12(11-15)4-2-6-16(28(21,22)23)29(24,25)26;;;;;;/h1,3,5,7-11,16H,2,4,6H2,(H2,21,22,23)(H,24,25,26);;;;;;. The van der Waals surface area contributed by atoms with Crippen LogP contribution in [0.2, 0.25) is 0 Å². The van der Waals surface area contributed by atoms with Crippen LogP contribution in [0, 0.1) is 0 Å². The van der Waals surface area contributed by atoms with E-state index in [9.17, 15) is 26.2 Å². The number of benzene rings is 2.